The van der Waals surface area contributed by atoms with E-state index in [0.717, 1.165) is 30.2 Å². The Balaban J connectivity index is 1.34. The summed E-state index contributed by atoms with van der Waals surface area (Å²) in [4.78, 5) is 92.0. The summed E-state index contributed by atoms with van der Waals surface area (Å²) in [5.41, 5.74) is 7.03. The summed E-state index contributed by atoms with van der Waals surface area (Å²) in [6.07, 6.45) is 3.45. The van der Waals surface area contributed by atoms with E-state index in [4.69, 9.17) is 79.7 Å². The van der Waals surface area contributed by atoms with Crippen LogP contribution in [-0.4, -0.2) is 118 Å². The van der Waals surface area contributed by atoms with Crippen LogP contribution >= 0.6 is 70.6 Å². The van der Waals surface area contributed by atoms with Crippen LogP contribution in [0.4, 0.5) is 0 Å². The minimum atomic E-state index is -0.222. The zero-order valence-corrected chi connectivity index (χ0v) is 54.1. The predicted octanol–water partition coefficient (Wildman–Crippen LogP) is 15.5. The molecule has 0 aliphatic carbocycles. The number of aromatic amines is 2. The van der Waals surface area contributed by atoms with Crippen LogP contribution in [0, 0.1) is 0 Å². The van der Waals surface area contributed by atoms with Crippen LogP contribution < -0.4 is 0 Å². The standard InChI is InChI=1S/C58H64N18S6/c1-53(2,3)77-47-49(79-55(7,8)9)65-35-33(63-47)41-70-39-31-32(62-30(28-24-20-22-26-60-28)29(61-31)27-23-19-21-25-59-27)40(69-39)71-42-34-36(66-50(80-56(10,11)12)48(64-34)78-54(4,5)6)44(73-42)75-46-38-37(45(76-46)74-43(35)72-41)67-51(81-57(13,14)15)52(68-38)82-58(16,17)18/h19-26H,1-18H3,(H2,69,70,71,72,73,74,75,76). The normalized spacial score (nSPS) is 13.3. The van der Waals surface area contributed by atoms with Crippen molar-refractivity contribution in [3.8, 4) is 68.8 Å². The van der Waals surface area contributed by atoms with Gasteiger partial charge < -0.3 is 9.97 Å². The van der Waals surface area contributed by atoms with Crippen molar-refractivity contribution in [2.45, 2.75) is 183 Å². The van der Waals surface area contributed by atoms with E-state index in [-0.39, 0.29) is 51.8 Å². The number of pyridine rings is 2. The van der Waals surface area contributed by atoms with E-state index in [1.54, 1.807) is 83.0 Å². The van der Waals surface area contributed by atoms with Crippen LogP contribution in [0.15, 0.2) is 78.9 Å². The van der Waals surface area contributed by atoms with E-state index in [1.807, 2.05) is 36.4 Å². The van der Waals surface area contributed by atoms with E-state index < -0.39 is 0 Å². The van der Waals surface area contributed by atoms with Crippen molar-refractivity contribution in [2.75, 3.05) is 0 Å². The summed E-state index contributed by atoms with van der Waals surface area (Å²) < 4.78 is -1.31. The van der Waals surface area contributed by atoms with E-state index in [1.165, 1.54) is 0 Å². The highest BCUT2D eigenvalue weighted by Crippen LogP contribution is 2.47. The molecule has 0 spiro atoms. The lowest BCUT2D eigenvalue weighted by Crippen LogP contribution is -2.12. The van der Waals surface area contributed by atoms with Gasteiger partial charge in [0.1, 0.15) is 86.4 Å². The lowest BCUT2D eigenvalue weighted by molar-refractivity contribution is 0.778. The highest BCUT2D eigenvalue weighted by atomic mass is 32.2. The molecule has 18 nitrogen and oxygen atoms in total. The molecule has 0 aromatic carbocycles. The molecule has 9 aromatic heterocycles. The summed E-state index contributed by atoms with van der Waals surface area (Å²) in [6.45, 7) is 39.0. The maximum atomic E-state index is 5.44. The number of aromatic nitrogens is 18. The van der Waals surface area contributed by atoms with Gasteiger partial charge in [-0.2, -0.15) is 0 Å². The van der Waals surface area contributed by atoms with Crippen LogP contribution in [0.1, 0.15) is 125 Å². The molecular weight excluding hydrogens is 1140 g/mol. The lowest BCUT2D eigenvalue weighted by atomic mass is 10.1. The van der Waals surface area contributed by atoms with E-state index in [2.05, 4.69) is 135 Å². The number of hydrogen-bond acceptors (Lipinski definition) is 22. The molecule has 82 heavy (non-hydrogen) atoms. The molecule has 0 saturated carbocycles. The molecule has 0 fully saturated rings. The topological polar surface area (TPSA) is 238 Å². The molecule has 422 valence electrons. The van der Waals surface area contributed by atoms with Crippen LogP contribution in [0.2, 0.25) is 0 Å². The molecule has 9 aromatic rings. The molecule has 0 saturated heterocycles. The quantitative estimate of drug-likeness (QED) is 0.134. The number of hydrogen-bond donors (Lipinski definition) is 2. The number of thioether (sulfide) groups is 6. The van der Waals surface area contributed by atoms with Crippen LogP contribution in [-0.2, 0) is 0 Å². The molecule has 0 amide bonds. The first-order chi connectivity index (χ1) is 38.3. The monoisotopic (exact) mass is 1200 g/mol. The Kier molecular flexibility index (Phi) is 14.8. The molecule has 8 bridgehead atoms. The van der Waals surface area contributed by atoms with Gasteiger partial charge in [-0.1, -0.05) is 207 Å². The molecule has 0 radical (unpaired) electrons. The fourth-order valence-electron chi connectivity index (χ4n) is 8.37. The molecule has 24 heteroatoms. The summed E-state index contributed by atoms with van der Waals surface area (Å²) in [5, 5.41) is 4.53. The van der Waals surface area contributed by atoms with Crippen LogP contribution in [0.25, 0.3) is 114 Å². The second-order valence-corrected chi connectivity index (χ2v) is 36.4. The maximum Gasteiger partial charge on any atom is 0.184 e. The van der Waals surface area contributed by atoms with Gasteiger partial charge in [-0.25, -0.2) is 69.8 Å². The number of nitrogens with one attached hydrogen (secondary N) is 2. The van der Waals surface area contributed by atoms with Crippen molar-refractivity contribution in [3.63, 3.8) is 0 Å². The third-order valence-corrected chi connectivity index (χ3v) is 18.1. The fourth-order valence-corrected chi connectivity index (χ4v) is 14.2. The van der Waals surface area contributed by atoms with Crippen LogP contribution in [0.5, 0.6) is 0 Å². The third-order valence-electron chi connectivity index (χ3n) is 11.1. The lowest BCUT2D eigenvalue weighted by Gasteiger charge is -2.22. The third kappa shape index (κ3) is 12.8. The minimum Gasteiger partial charge on any atom is -0.321 e. The van der Waals surface area contributed by atoms with Crippen molar-refractivity contribution in [1.29, 1.82) is 0 Å². The second kappa shape index (κ2) is 21.0. The highest BCUT2D eigenvalue weighted by Gasteiger charge is 2.34. The Morgan fingerprint density at radius 2 is 0.512 bits per heavy atom. The number of H-pyrrole nitrogens is 2. The highest BCUT2D eigenvalue weighted by molar-refractivity contribution is 8.04. The van der Waals surface area contributed by atoms with Gasteiger partial charge in [0.25, 0.3) is 0 Å². The first-order valence-corrected chi connectivity index (χ1v) is 31.7. The van der Waals surface area contributed by atoms with Gasteiger partial charge in [0, 0.05) is 40.9 Å². The van der Waals surface area contributed by atoms with Gasteiger partial charge in [0.15, 0.2) is 45.9 Å². The van der Waals surface area contributed by atoms with Gasteiger partial charge in [0.2, 0.25) is 0 Å². The largest absolute Gasteiger partial charge is 0.321 e. The first-order valence-electron chi connectivity index (χ1n) is 26.8. The van der Waals surface area contributed by atoms with Gasteiger partial charge in [0.05, 0.1) is 11.4 Å². The summed E-state index contributed by atoms with van der Waals surface area (Å²) in [5.74, 6) is 0.978. The van der Waals surface area contributed by atoms with Gasteiger partial charge in [-0.3, -0.25) is 9.97 Å². The van der Waals surface area contributed by atoms with Crippen molar-refractivity contribution >= 4 is 115 Å². The summed E-state index contributed by atoms with van der Waals surface area (Å²) in [6, 6.07) is 11.3. The smallest absolute Gasteiger partial charge is 0.184 e. The summed E-state index contributed by atoms with van der Waals surface area (Å²) in [7, 11) is 0. The van der Waals surface area contributed by atoms with Gasteiger partial charge in [-0.15, -0.1) is 0 Å². The van der Waals surface area contributed by atoms with E-state index in [0.29, 0.717) is 90.2 Å². The van der Waals surface area contributed by atoms with E-state index in [9.17, 15) is 0 Å². The van der Waals surface area contributed by atoms with Gasteiger partial charge >= 0.3 is 0 Å². The number of rotatable bonds is 8. The van der Waals surface area contributed by atoms with Crippen molar-refractivity contribution < 1.29 is 0 Å². The van der Waals surface area contributed by atoms with Crippen molar-refractivity contribution in [3.05, 3.63) is 48.8 Å². The molecule has 11 heterocycles. The zero-order chi connectivity index (χ0) is 58.6. The molecule has 0 unspecified atom stereocenters. The molecular formula is C58H64N18S6. The van der Waals surface area contributed by atoms with Crippen molar-refractivity contribution in [2.24, 2.45) is 0 Å². The number of fused-ring (bicyclic) bond motifs is 20. The van der Waals surface area contributed by atoms with Gasteiger partial charge in [-0.05, 0) is 24.3 Å². The molecule has 11 rings (SSSR count). The number of nitrogens with zero attached hydrogens (tertiary/aromatic N) is 16. The minimum absolute atomic E-state index is 0.213. The molecule has 0 atom stereocenters. The maximum absolute atomic E-state index is 5.44. The Morgan fingerprint density at radius 3 is 0.744 bits per heavy atom. The average molecular weight is 1210 g/mol. The van der Waals surface area contributed by atoms with Crippen LogP contribution in [0.3, 0.4) is 0 Å². The van der Waals surface area contributed by atoms with Crippen molar-refractivity contribution in [1.82, 2.24) is 89.7 Å². The average Bonchev–Trinajstić information content (AvgIpc) is 2.35. The molecule has 2 aliphatic rings. The SMILES string of the molecule is CC(C)(C)Sc1nc2c(nc1SC(C)(C)C)-c1nc-2nc2[nH]c(nc3nc(nc4[nH]c(n1)c1nc(SC(C)(C)C)c(SC(C)(C)C)nc41)-c1nc(-c4ccccn4)c(-c4ccccn4)nc1-3)c1nc(SC(C)(C)C)c(SC(C)(C)C)nc21. The summed E-state index contributed by atoms with van der Waals surface area (Å²) >= 11 is 9.85. The first kappa shape index (κ1) is 57.9. The Bertz CT molecular complexity index is 3920. The molecule has 2 aliphatic heterocycles. The molecule has 2 N–H and O–H groups in total. The predicted molar refractivity (Wildman–Crippen MR) is 339 cm³/mol. The Hall–Kier alpha value is -5.92. The van der Waals surface area contributed by atoms with E-state index >= 15 is 0 Å². The Morgan fingerprint density at radius 1 is 0.268 bits per heavy atom. The fraction of sp³-hybridized carbons (Fsp3) is 0.414. The Labute approximate surface area is 502 Å². The zero-order valence-electron chi connectivity index (χ0n) is 49.2. The second-order valence-electron chi connectivity index (χ2n) is 25.5.